The molecule has 6 heteroatoms. The Morgan fingerprint density at radius 1 is 1.60 bits per heavy atom. The lowest BCUT2D eigenvalue weighted by Crippen LogP contribution is -2.55. The van der Waals surface area contributed by atoms with Gasteiger partial charge in [0.2, 0.25) is 0 Å². The highest BCUT2D eigenvalue weighted by Gasteiger charge is 2.30. The fourth-order valence-corrected chi connectivity index (χ4v) is 2.53. The summed E-state index contributed by atoms with van der Waals surface area (Å²) in [5.41, 5.74) is 1.14. The van der Waals surface area contributed by atoms with E-state index < -0.39 is 0 Å². The smallest absolute Gasteiger partial charge is 0.324 e. The number of hydrogen-bond donors (Lipinski definition) is 1. The van der Waals surface area contributed by atoms with E-state index in [0.717, 1.165) is 25.3 Å². The van der Waals surface area contributed by atoms with Gasteiger partial charge in [-0.05, 0) is 20.8 Å². The summed E-state index contributed by atoms with van der Waals surface area (Å²) in [5, 5.41) is 3.26. The average Bonchev–Trinajstić information content (AvgIpc) is 2.88. The van der Waals surface area contributed by atoms with E-state index in [4.69, 9.17) is 4.74 Å². The number of piperazine rings is 1. The van der Waals surface area contributed by atoms with Crippen LogP contribution in [0.5, 0.6) is 0 Å². The molecule has 112 valence electrons. The van der Waals surface area contributed by atoms with E-state index in [-0.39, 0.29) is 12.0 Å². The van der Waals surface area contributed by atoms with Crippen molar-refractivity contribution in [3.05, 3.63) is 18.2 Å². The first-order chi connectivity index (χ1) is 9.63. The molecule has 0 aromatic carbocycles. The largest absolute Gasteiger partial charge is 0.465 e. The van der Waals surface area contributed by atoms with E-state index in [9.17, 15) is 4.79 Å². The molecule has 0 amide bonds. The van der Waals surface area contributed by atoms with Crippen molar-refractivity contribution in [1.29, 1.82) is 0 Å². The number of imidazole rings is 1. The predicted molar refractivity (Wildman–Crippen MR) is 76.3 cm³/mol. The van der Waals surface area contributed by atoms with Gasteiger partial charge in [0, 0.05) is 38.4 Å². The van der Waals surface area contributed by atoms with Crippen LogP contribution in [-0.4, -0.2) is 52.7 Å². The number of nitrogens with one attached hydrogen (secondary N) is 1. The molecule has 0 radical (unpaired) electrons. The molecule has 1 saturated heterocycles. The molecule has 1 N–H and O–H groups in total. The third-order valence-corrected chi connectivity index (χ3v) is 3.58. The lowest BCUT2D eigenvalue weighted by Gasteiger charge is -2.34. The quantitative estimate of drug-likeness (QED) is 0.809. The number of hydrogen-bond acceptors (Lipinski definition) is 5. The lowest BCUT2D eigenvalue weighted by atomic mass is 10.2. The summed E-state index contributed by atoms with van der Waals surface area (Å²) in [7, 11) is 0. The molecule has 1 aromatic rings. The maximum absolute atomic E-state index is 12.0. The highest BCUT2D eigenvalue weighted by atomic mass is 16.5. The minimum atomic E-state index is -0.209. The highest BCUT2D eigenvalue weighted by molar-refractivity contribution is 5.76. The zero-order valence-corrected chi connectivity index (χ0v) is 12.5. The molecule has 1 unspecified atom stereocenters. The molecule has 0 bridgehead atoms. The fraction of sp³-hybridized carbons (Fsp3) is 0.714. The van der Waals surface area contributed by atoms with Crippen molar-refractivity contribution >= 4 is 5.97 Å². The Kier molecular flexibility index (Phi) is 5.14. The van der Waals surface area contributed by atoms with Crippen LogP contribution in [0.1, 0.15) is 32.5 Å². The maximum atomic E-state index is 12.0. The molecule has 0 spiro atoms. The summed E-state index contributed by atoms with van der Waals surface area (Å²) >= 11 is 0. The Labute approximate surface area is 120 Å². The third kappa shape index (κ3) is 3.37. The summed E-state index contributed by atoms with van der Waals surface area (Å²) in [6.45, 7) is 9.63. The molecule has 1 aliphatic heterocycles. The zero-order valence-electron chi connectivity index (χ0n) is 12.5. The van der Waals surface area contributed by atoms with Gasteiger partial charge < -0.3 is 14.6 Å². The van der Waals surface area contributed by atoms with Crippen molar-refractivity contribution in [2.75, 3.05) is 26.2 Å². The minimum Gasteiger partial charge on any atom is -0.465 e. The first kappa shape index (κ1) is 15.0. The number of nitrogens with zero attached hydrogens (tertiary/aromatic N) is 3. The summed E-state index contributed by atoms with van der Waals surface area (Å²) < 4.78 is 7.31. The van der Waals surface area contributed by atoms with E-state index >= 15 is 0 Å². The van der Waals surface area contributed by atoms with Crippen LogP contribution >= 0.6 is 0 Å². The van der Waals surface area contributed by atoms with Crippen LogP contribution in [0.2, 0.25) is 0 Å². The van der Waals surface area contributed by atoms with Crippen LogP contribution in [0.4, 0.5) is 0 Å². The minimum absolute atomic E-state index is 0.143. The van der Waals surface area contributed by atoms with Gasteiger partial charge in [-0.15, -0.1) is 0 Å². The van der Waals surface area contributed by atoms with Crippen LogP contribution in [0.25, 0.3) is 0 Å². The van der Waals surface area contributed by atoms with E-state index in [0.29, 0.717) is 19.2 Å². The zero-order chi connectivity index (χ0) is 14.5. The van der Waals surface area contributed by atoms with E-state index in [2.05, 4.69) is 33.6 Å². The molecule has 1 aromatic heterocycles. The monoisotopic (exact) mass is 280 g/mol. The van der Waals surface area contributed by atoms with Crippen molar-refractivity contribution in [3.63, 3.8) is 0 Å². The Hall–Kier alpha value is -1.40. The van der Waals surface area contributed by atoms with Crippen LogP contribution in [0, 0.1) is 0 Å². The van der Waals surface area contributed by atoms with Crippen molar-refractivity contribution < 1.29 is 9.53 Å². The first-order valence-corrected chi connectivity index (χ1v) is 7.25. The normalized spacial score (nSPS) is 20.3. The van der Waals surface area contributed by atoms with Crippen molar-refractivity contribution in [2.24, 2.45) is 0 Å². The SMILES string of the molecule is CCOC(=O)C1CNCCN1Cc1cncn1C(C)C. The number of rotatable bonds is 5. The number of esters is 1. The van der Waals surface area contributed by atoms with Gasteiger partial charge in [-0.25, -0.2) is 4.98 Å². The van der Waals surface area contributed by atoms with Gasteiger partial charge in [0.15, 0.2) is 0 Å². The topological polar surface area (TPSA) is 59.4 Å². The molecule has 6 nitrogen and oxygen atoms in total. The highest BCUT2D eigenvalue weighted by Crippen LogP contribution is 2.15. The first-order valence-electron chi connectivity index (χ1n) is 7.25. The average molecular weight is 280 g/mol. The molecule has 2 heterocycles. The van der Waals surface area contributed by atoms with Gasteiger partial charge in [-0.2, -0.15) is 0 Å². The number of aromatic nitrogens is 2. The summed E-state index contributed by atoms with van der Waals surface area (Å²) in [6, 6.07) is 0.163. The second-order valence-corrected chi connectivity index (χ2v) is 5.33. The molecule has 0 aliphatic carbocycles. The maximum Gasteiger partial charge on any atom is 0.324 e. The fourth-order valence-electron chi connectivity index (χ4n) is 2.53. The van der Waals surface area contributed by atoms with E-state index in [1.54, 1.807) is 0 Å². The second kappa shape index (κ2) is 6.85. The van der Waals surface area contributed by atoms with Crippen molar-refractivity contribution in [3.8, 4) is 0 Å². The number of carbonyl (C=O) groups is 1. The predicted octanol–water partition coefficient (Wildman–Crippen LogP) is 0.801. The summed E-state index contributed by atoms with van der Waals surface area (Å²) in [5.74, 6) is -0.143. The molecule has 2 rings (SSSR count). The van der Waals surface area contributed by atoms with Gasteiger partial charge in [-0.1, -0.05) is 0 Å². The van der Waals surface area contributed by atoms with Gasteiger partial charge in [0.05, 0.1) is 18.6 Å². The standard InChI is InChI=1S/C14H24N4O2/c1-4-20-14(19)13-8-15-5-6-17(13)9-12-7-16-10-18(12)11(2)3/h7,10-11,13,15H,4-6,8-9H2,1-3H3. The molecule has 1 atom stereocenters. The number of carbonyl (C=O) groups excluding carboxylic acids is 1. The van der Waals surface area contributed by atoms with Crippen LogP contribution < -0.4 is 5.32 Å². The van der Waals surface area contributed by atoms with Crippen LogP contribution in [-0.2, 0) is 16.1 Å². The van der Waals surface area contributed by atoms with Gasteiger partial charge >= 0.3 is 5.97 Å². The Bertz CT molecular complexity index is 444. The van der Waals surface area contributed by atoms with Gasteiger partial charge in [0.25, 0.3) is 0 Å². The summed E-state index contributed by atoms with van der Waals surface area (Å²) in [6.07, 6.45) is 3.73. The Balaban J connectivity index is 2.08. The molecule has 1 aliphatic rings. The number of ether oxygens (including phenoxy) is 1. The molecular formula is C14H24N4O2. The Morgan fingerprint density at radius 2 is 2.40 bits per heavy atom. The Morgan fingerprint density at radius 3 is 3.10 bits per heavy atom. The summed E-state index contributed by atoms with van der Waals surface area (Å²) in [4.78, 5) is 18.4. The molecule has 20 heavy (non-hydrogen) atoms. The molecular weight excluding hydrogens is 256 g/mol. The second-order valence-electron chi connectivity index (χ2n) is 5.33. The van der Waals surface area contributed by atoms with Crippen molar-refractivity contribution in [2.45, 2.75) is 39.4 Å². The third-order valence-electron chi connectivity index (χ3n) is 3.58. The molecule has 0 saturated carbocycles. The van der Waals surface area contributed by atoms with E-state index in [1.165, 1.54) is 0 Å². The lowest BCUT2D eigenvalue weighted by molar-refractivity contribution is -0.150. The van der Waals surface area contributed by atoms with Gasteiger partial charge in [-0.3, -0.25) is 9.69 Å². The van der Waals surface area contributed by atoms with Gasteiger partial charge in [0.1, 0.15) is 6.04 Å². The van der Waals surface area contributed by atoms with Crippen LogP contribution in [0.3, 0.4) is 0 Å². The molecule has 1 fully saturated rings. The van der Waals surface area contributed by atoms with E-state index in [1.807, 2.05) is 19.4 Å². The van der Waals surface area contributed by atoms with Crippen LogP contribution in [0.15, 0.2) is 12.5 Å². The van der Waals surface area contributed by atoms with Crippen molar-refractivity contribution in [1.82, 2.24) is 19.8 Å².